The van der Waals surface area contributed by atoms with E-state index in [2.05, 4.69) is 11.6 Å². The number of aromatic nitrogens is 2. The summed E-state index contributed by atoms with van der Waals surface area (Å²) in [5, 5.41) is 27.5. The van der Waals surface area contributed by atoms with Crippen LogP contribution in [0.15, 0.2) is 25.2 Å². The van der Waals surface area contributed by atoms with Crippen molar-refractivity contribution in [1.82, 2.24) is 9.55 Å². The lowest BCUT2D eigenvalue weighted by atomic mass is 9.83. The lowest BCUT2D eigenvalue weighted by molar-refractivity contribution is -0.0221. The van der Waals surface area contributed by atoms with Crippen LogP contribution in [0, 0.1) is 17.2 Å². The SMILES string of the molecule is C=CC(C)C(O)(Cn1cncc1C#N)C1(Cl)CC1.CCO. The van der Waals surface area contributed by atoms with Gasteiger partial charge in [0.05, 0.1) is 23.9 Å². The van der Waals surface area contributed by atoms with Gasteiger partial charge in [-0.3, -0.25) is 0 Å². The average molecular weight is 312 g/mol. The predicted molar refractivity (Wildman–Crippen MR) is 81.8 cm³/mol. The van der Waals surface area contributed by atoms with Gasteiger partial charge >= 0.3 is 0 Å². The quantitative estimate of drug-likeness (QED) is 0.644. The maximum Gasteiger partial charge on any atom is 0.139 e. The van der Waals surface area contributed by atoms with Crippen molar-refractivity contribution in [2.24, 2.45) is 5.92 Å². The summed E-state index contributed by atoms with van der Waals surface area (Å²) in [6.07, 6.45) is 6.28. The minimum atomic E-state index is -1.11. The highest BCUT2D eigenvalue weighted by atomic mass is 35.5. The molecule has 6 heteroatoms. The Morgan fingerprint density at radius 2 is 2.29 bits per heavy atom. The molecule has 0 radical (unpaired) electrons. The molecule has 5 nitrogen and oxygen atoms in total. The van der Waals surface area contributed by atoms with Crippen molar-refractivity contribution in [2.45, 2.75) is 43.7 Å². The average Bonchev–Trinajstić information content (AvgIpc) is 3.07. The molecule has 2 unspecified atom stereocenters. The maximum atomic E-state index is 10.9. The van der Waals surface area contributed by atoms with E-state index in [1.807, 2.05) is 13.0 Å². The monoisotopic (exact) mass is 311 g/mol. The molecule has 0 aromatic carbocycles. The smallest absolute Gasteiger partial charge is 0.139 e. The summed E-state index contributed by atoms with van der Waals surface area (Å²) >= 11 is 6.42. The highest BCUT2D eigenvalue weighted by molar-refractivity contribution is 6.26. The highest BCUT2D eigenvalue weighted by Gasteiger charge is 2.59. The normalized spacial score (nSPS) is 19.4. The fourth-order valence-electron chi connectivity index (χ4n) is 2.23. The molecule has 1 aromatic heterocycles. The Morgan fingerprint density at radius 1 is 1.71 bits per heavy atom. The van der Waals surface area contributed by atoms with Gasteiger partial charge in [-0.2, -0.15) is 5.26 Å². The molecule has 2 rings (SSSR count). The third-order valence-corrected chi connectivity index (χ3v) is 4.52. The minimum Gasteiger partial charge on any atom is -0.397 e. The molecule has 0 aliphatic heterocycles. The number of halogens is 1. The first kappa shape index (κ1) is 17.7. The van der Waals surface area contributed by atoms with Gasteiger partial charge in [0.25, 0.3) is 0 Å². The largest absolute Gasteiger partial charge is 0.397 e. The van der Waals surface area contributed by atoms with Gasteiger partial charge in [-0.1, -0.05) is 13.0 Å². The molecule has 0 amide bonds. The van der Waals surface area contributed by atoms with Crippen LogP contribution in [0.25, 0.3) is 0 Å². The fourth-order valence-corrected chi connectivity index (χ4v) is 2.56. The summed E-state index contributed by atoms with van der Waals surface area (Å²) < 4.78 is 1.64. The van der Waals surface area contributed by atoms with Crippen LogP contribution in [0.4, 0.5) is 0 Å². The van der Waals surface area contributed by atoms with Gasteiger partial charge in [0.1, 0.15) is 17.4 Å². The van der Waals surface area contributed by atoms with E-state index in [4.69, 9.17) is 22.0 Å². The predicted octanol–water partition coefficient (Wildman–Crippen LogP) is 2.08. The van der Waals surface area contributed by atoms with Gasteiger partial charge in [-0.25, -0.2) is 4.98 Å². The van der Waals surface area contributed by atoms with E-state index in [0.29, 0.717) is 5.69 Å². The van der Waals surface area contributed by atoms with Crippen LogP contribution in [0.3, 0.4) is 0 Å². The molecule has 2 atom stereocenters. The van der Waals surface area contributed by atoms with Gasteiger partial charge in [0, 0.05) is 12.5 Å². The summed E-state index contributed by atoms with van der Waals surface area (Å²) in [5.74, 6) is -0.161. The van der Waals surface area contributed by atoms with Gasteiger partial charge < -0.3 is 14.8 Å². The van der Waals surface area contributed by atoms with E-state index in [-0.39, 0.29) is 19.1 Å². The van der Waals surface area contributed by atoms with Crippen molar-refractivity contribution in [2.75, 3.05) is 6.61 Å². The molecular formula is C15H22ClN3O2. The zero-order chi connectivity index (χ0) is 16.1. The topological polar surface area (TPSA) is 82.1 Å². The third kappa shape index (κ3) is 3.65. The second kappa shape index (κ2) is 7.08. The molecule has 1 aliphatic rings. The first-order valence-corrected chi connectivity index (χ1v) is 7.31. The van der Waals surface area contributed by atoms with Gasteiger partial charge in [0.15, 0.2) is 0 Å². The third-order valence-electron chi connectivity index (χ3n) is 3.81. The summed E-state index contributed by atoms with van der Waals surface area (Å²) in [6.45, 7) is 7.81. The highest BCUT2D eigenvalue weighted by Crippen LogP contribution is 2.54. The molecule has 21 heavy (non-hydrogen) atoms. The van der Waals surface area contributed by atoms with E-state index in [9.17, 15) is 5.11 Å². The summed E-state index contributed by atoms with van der Waals surface area (Å²) in [6, 6.07) is 2.05. The number of rotatable bonds is 5. The van der Waals surface area contributed by atoms with Crippen LogP contribution in [0.1, 0.15) is 32.4 Å². The van der Waals surface area contributed by atoms with Crippen molar-refractivity contribution >= 4 is 11.6 Å². The van der Waals surface area contributed by atoms with E-state index in [1.54, 1.807) is 23.9 Å². The zero-order valence-corrected chi connectivity index (χ0v) is 13.2. The van der Waals surface area contributed by atoms with Crippen molar-refractivity contribution in [3.8, 4) is 6.07 Å². The van der Waals surface area contributed by atoms with Crippen LogP contribution in [0.5, 0.6) is 0 Å². The Hall–Kier alpha value is -1.35. The van der Waals surface area contributed by atoms with E-state index in [1.165, 1.54) is 6.20 Å². The van der Waals surface area contributed by atoms with Crippen molar-refractivity contribution in [3.63, 3.8) is 0 Å². The Balaban J connectivity index is 0.000000677. The van der Waals surface area contributed by atoms with Gasteiger partial charge in [-0.15, -0.1) is 18.2 Å². The molecule has 0 spiro atoms. The Labute approximate surface area is 130 Å². The first-order chi connectivity index (χ1) is 9.88. The molecule has 116 valence electrons. The molecule has 1 saturated carbocycles. The molecule has 1 fully saturated rings. The van der Waals surface area contributed by atoms with E-state index >= 15 is 0 Å². The van der Waals surface area contributed by atoms with Gasteiger partial charge in [-0.05, 0) is 19.8 Å². The summed E-state index contributed by atoms with van der Waals surface area (Å²) in [4.78, 5) is 3.31. The van der Waals surface area contributed by atoms with Crippen LogP contribution in [-0.4, -0.2) is 36.8 Å². The molecule has 0 saturated heterocycles. The lowest BCUT2D eigenvalue weighted by Gasteiger charge is -2.37. The van der Waals surface area contributed by atoms with Crippen molar-refractivity contribution < 1.29 is 10.2 Å². The van der Waals surface area contributed by atoms with Crippen molar-refractivity contribution in [1.29, 1.82) is 5.26 Å². The fraction of sp³-hybridized carbons (Fsp3) is 0.600. The van der Waals surface area contributed by atoms with Crippen LogP contribution in [0.2, 0.25) is 0 Å². The number of alkyl halides is 1. The number of aliphatic hydroxyl groups excluding tert-OH is 1. The number of hydrogen-bond donors (Lipinski definition) is 2. The van der Waals surface area contributed by atoms with Crippen LogP contribution < -0.4 is 0 Å². The maximum absolute atomic E-state index is 10.9. The number of aliphatic hydroxyl groups is 2. The standard InChI is InChI=1S/C13H16ClN3O.C2H6O/c1-3-10(2)13(18,12(14)4-5-12)8-17-9-16-7-11(17)6-15;1-2-3/h3,7,9-10,18H,1,4-5,8H2,2H3;3H,2H2,1H3. The molecular weight excluding hydrogens is 290 g/mol. The number of hydrogen-bond acceptors (Lipinski definition) is 4. The molecule has 1 aromatic rings. The van der Waals surface area contributed by atoms with Crippen LogP contribution >= 0.6 is 11.6 Å². The van der Waals surface area contributed by atoms with Crippen molar-refractivity contribution in [3.05, 3.63) is 30.9 Å². The lowest BCUT2D eigenvalue weighted by Crippen LogP contribution is -2.49. The summed E-state index contributed by atoms with van der Waals surface area (Å²) in [5.41, 5.74) is -0.687. The zero-order valence-electron chi connectivity index (χ0n) is 12.5. The second-order valence-electron chi connectivity index (χ2n) is 5.25. The molecule has 0 bridgehead atoms. The van der Waals surface area contributed by atoms with E-state index in [0.717, 1.165) is 12.8 Å². The number of nitriles is 1. The van der Waals surface area contributed by atoms with Crippen LogP contribution in [-0.2, 0) is 6.54 Å². The molecule has 1 aliphatic carbocycles. The Bertz CT molecular complexity index is 519. The summed E-state index contributed by atoms with van der Waals surface area (Å²) in [7, 11) is 0. The molecule has 2 N–H and O–H groups in total. The Kier molecular flexibility index (Phi) is 5.97. The number of nitrogens with zero attached hydrogens (tertiary/aromatic N) is 3. The number of imidazole rings is 1. The van der Waals surface area contributed by atoms with Gasteiger partial charge in [0.2, 0.25) is 0 Å². The second-order valence-corrected chi connectivity index (χ2v) is 5.97. The molecule has 1 heterocycles. The first-order valence-electron chi connectivity index (χ1n) is 6.93. The minimum absolute atomic E-state index is 0.161. The van der Waals surface area contributed by atoms with E-state index < -0.39 is 10.5 Å². The Morgan fingerprint density at radius 3 is 2.71 bits per heavy atom.